The lowest BCUT2D eigenvalue weighted by molar-refractivity contribution is 0.312. The van der Waals surface area contributed by atoms with E-state index in [0.29, 0.717) is 17.9 Å². The largest absolute Gasteiger partial charge is 0.307 e. The molecule has 0 radical (unpaired) electrons. The Morgan fingerprint density at radius 1 is 1.41 bits per heavy atom. The van der Waals surface area contributed by atoms with Crippen LogP contribution in [0.2, 0.25) is 0 Å². The average Bonchev–Trinajstić information content (AvgIpc) is 2.59. The van der Waals surface area contributed by atoms with E-state index in [0.717, 1.165) is 18.7 Å². The fraction of sp³-hybridized carbons (Fsp3) is 0.778. The molecule has 6 nitrogen and oxygen atoms in total. The number of piperidine rings is 1. The molecule has 1 aliphatic heterocycles. The average molecular weight is 276 g/mol. The predicted octanol–water partition coefficient (Wildman–Crippen LogP) is 0.617. The maximum atomic E-state index is 11.4. The lowest BCUT2D eigenvalue weighted by Gasteiger charge is -2.29. The van der Waals surface area contributed by atoms with Crippen molar-refractivity contribution in [3.05, 3.63) is 10.6 Å². The van der Waals surface area contributed by atoms with E-state index in [1.807, 2.05) is 11.6 Å². The Bertz CT molecular complexity index is 552. The lowest BCUT2D eigenvalue weighted by Crippen LogP contribution is -2.37. The van der Waals surface area contributed by atoms with Gasteiger partial charge in [-0.25, -0.2) is 12.7 Å². The van der Waals surface area contributed by atoms with E-state index in [2.05, 4.69) is 10.2 Å². The molecule has 1 fully saturated rings. The van der Waals surface area contributed by atoms with Crippen molar-refractivity contribution in [1.29, 1.82) is 0 Å². The molecule has 0 atom stereocenters. The third-order valence-electron chi connectivity index (χ3n) is 3.20. The number of hydrogen-bond donors (Lipinski definition) is 1. The third-order valence-corrected chi connectivity index (χ3v) is 4.87. The standard InChI is InChI=1S/C9H16N4O2S2/c1-12-8(10-11-9(12)16)7-3-5-13(6-4-7)17(2,14)15/h7H,3-6H2,1-2H3,(H,11,16). The van der Waals surface area contributed by atoms with Gasteiger partial charge in [-0.15, -0.1) is 0 Å². The van der Waals surface area contributed by atoms with E-state index >= 15 is 0 Å². The number of sulfonamides is 1. The van der Waals surface area contributed by atoms with Crippen LogP contribution in [0.4, 0.5) is 0 Å². The van der Waals surface area contributed by atoms with Crippen molar-refractivity contribution in [2.75, 3.05) is 19.3 Å². The molecular weight excluding hydrogens is 260 g/mol. The summed E-state index contributed by atoms with van der Waals surface area (Å²) in [6.45, 7) is 1.12. The first-order chi connectivity index (χ1) is 7.89. The number of H-pyrrole nitrogens is 1. The molecule has 1 aliphatic rings. The summed E-state index contributed by atoms with van der Waals surface area (Å²) in [7, 11) is -1.18. The highest BCUT2D eigenvalue weighted by atomic mass is 32.2. The molecule has 2 rings (SSSR count). The van der Waals surface area contributed by atoms with Gasteiger partial charge in [-0.1, -0.05) is 0 Å². The van der Waals surface area contributed by atoms with Crippen LogP contribution in [0.25, 0.3) is 0 Å². The number of aromatic amines is 1. The highest BCUT2D eigenvalue weighted by molar-refractivity contribution is 7.88. The minimum Gasteiger partial charge on any atom is -0.307 e. The molecule has 1 aromatic heterocycles. The summed E-state index contributed by atoms with van der Waals surface area (Å²) in [5.41, 5.74) is 0. The van der Waals surface area contributed by atoms with Crippen molar-refractivity contribution in [2.24, 2.45) is 7.05 Å². The van der Waals surface area contributed by atoms with Crippen LogP contribution in [-0.4, -0.2) is 46.8 Å². The van der Waals surface area contributed by atoms with Crippen LogP contribution in [-0.2, 0) is 17.1 Å². The Kier molecular flexibility index (Phi) is 3.37. The van der Waals surface area contributed by atoms with Gasteiger partial charge in [-0.05, 0) is 25.1 Å². The van der Waals surface area contributed by atoms with E-state index in [4.69, 9.17) is 12.2 Å². The molecule has 0 saturated carbocycles. The SMILES string of the molecule is Cn1c(C2CCN(S(C)(=O)=O)CC2)n[nH]c1=S. The first-order valence-corrected chi connectivity index (χ1v) is 7.71. The van der Waals surface area contributed by atoms with Crippen molar-refractivity contribution in [1.82, 2.24) is 19.1 Å². The molecule has 0 bridgehead atoms. The first kappa shape index (κ1) is 12.7. The van der Waals surface area contributed by atoms with Gasteiger partial charge in [0.05, 0.1) is 6.26 Å². The fourth-order valence-electron chi connectivity index (χ4n) is 2.17. The molecule has 17 heavy (non-hydrogen) atoms. The van der Waals surface area contributed by atoms with Gasteiger partial charge in [0.15, 0.2) is 4.77 Å². The summed E-state index contributed by atoms with van der Waals surface area (Å²) in [5, 5.41) is 6.96. The van der Waals surface area contributed by atoms with Crippen molar-refractivity contribution in [3.63, 3.8) is 0 Å². The van der Waals surface area contributed by atoms with Crippen molar-refractivity contribution >= 4 is 22.2 Å². The van der Waals surface area contributed by atoms with Crippen LogP contribution in [0.5, 0.6) is 0 Å². The molecule has 1 saturated heterocycles. The predicted molar refractivity (Wildman–Crippen MR) is 66.8 cm³/mol. The monoisotopic (exact) mass is 276 g/mol. The molecular formula is C9H16N4O2S2. The van der Waals surface area contributed by atoms with Crippen LogP contribution >= 0.6 is 12.2 Å². The molecule has 8 heteroatoms. The van der Waals surface area contributed by atoms with Crippen molar-refractivity contribution < 1.29 is 8.42 Å². The second-order valence-corrected chi connectivity index (χ2v) is 6.75. The number of nitrogens with one attached hydrogen (secondary N) is 1. The molecule has 1 aromatic rings. The zero-order valence-corrected chi connectivity index (χ0v) is 11.5. The Morgan fingerprint density at radius 3 is 2.41 bits per heavy atom. The second kappa shape index (κ2) is 4.51. The summed E-state index contributed by atoms with van der Waals surface area (Å²) < 4.78 is 26.7. The minimum atomic E-state index is -3.06. The molecule has 1 N–H and O–H groups in total. The smallest absolute Gasteiger partial charge is 0.211 e. The molecule has 0 unspecified atom stereocenters. The molecule has 0 amide bonds. The minimum absolute atomic E-state index is 0.283. The summed E-state index contributed by atoms with van der Waals surface area (Å²) in [4.78, 5) is 0. The Balaban J connectivity index is 2.10. The molecule has 2 heterocycles. The van der Waals surface area contributed by atoms with Gasteiger partial charge in [0.2, 0.25) is 10.0 Å². The van der Waals surface area contributed by atoms with Crippen LogP contribution in [0.3, 0.4) is 0 Å². The number of rotatable bonds is 2. The Labute approximate surface area is 106 Å². The Morgan fingerprint density at radius 2 is 2.00 bits per heavy atom. The van der Waals surface area contributed by atoms with Crippen LogP contribution < -0.4 is 0 Å². The summed E-state index contributed by atoms with van der Waals surface area (Å²) in [6.07, 6.45) is 2.84. The highest BCUT2D eigenvalue weighted by Gasteiger charge is 2.27. The number of nitrogens with zero attached hydrogens (tertiary/aromatic N) is 3. The quantitative estimate of drug-likeness (QED) is 0.804. The first-order valence-electron chi connectivity index (χ1n) is 5.46. The van der Waals surface area contributed by atoms with E-state index in [-0.39, 0.29) is 5.92 Å². The molecule has 0 spiro atoms. The molecule has 0 aliphatic carbocycles. The third kappa shape index (κ3) is 2.58. The van der Waals surface area contributed by atoms with Crippen molar-refractivity contribution in [3.8, 4) is 0 Å². The summed E-state index contributed by atoms with van der Waals surface area (Å²) >= 11 is 5.06. The van der Waals surface area contributed by atoms with E-state index in [9.17, 15) is 8.42 Å². The van der Waals surface area contributed by atoms with Gasteiger partial charge in [-0.2, -0.15) is 5.10 Å². The lowest BCUT2D eigenvalue weighted by atomic mass is 9.97. The number of aromatic nitrogens is 3. The highest BCUT2D eigenvalue weighted by Crippen LogP contribution is 2.27. The zero-order chi connectivity index (χ0) is 12.6. The summed E-state index contributed by atoms with van der Waals surface area (Å²) in [6, 6.07) is 0. The molecule has 0 aromatic carbocycles. The maximum Gasteiger partial charge on any atom is 0.211 e. The fourth-order valence-corrected chi connectivity index (χ4v) is 3.18. The van der Waals surface area contributed by atoms with Gasteiger partial charge in [0, 0.05) is 26.1 Å². The number of hydrogen-bond acceptors (Lipinski definition) is 4. The maximum absolute atomic E-state index is 11.4. The topological polar surface area (TPSA) is 71.0 Å². The van der Waals surface area contributed by atoms with Gasteiger partial charge in [0.1, 0.15) is 5.82 Å². The van der Waals surface area contributed by atoms with Crippen molar-refractivity contribution in [2.45, 2.75) is 18.8 Å². The van der Waals surface area contributed by atoms with Gasteiger partial charge < -0.3 is 4.57 Å². The van der Waals surface area contributed by atoms with E-state index in [1.165, 1.54) is 10.6 Å². The van der Waals surface area contributed by atoms with Gasteiger partial charge in [0.25, 0.3) is 0 Å². The molecule has 96 valence electrons. The van der Waals surface area contributed by atoms with E-state index in [1.54, 1.807) is 0 Å². The van der Waals surface area contributed by atoms with Crippen LogP contribution in [0.1, 0.15) is 24.6 Å². The second-order valence-electron chi connectivity index (χ2n) is 4.38. The van der Waals surface area contributed by atoms with E-state index < -0.39 is 10.0 Å². The normalized spacial score (nSPS) is 19.6. The van der Waals surface area contributed by atoms with Crippen LogP contribution in [0, 0.1) is 4.77 Å². The van der Waals surface area contributed by atoms with Gasteiger partial charge >= 0.3 is 0 Å². The van der Waals surface area contributed by atoms with Gasteiger partial charge in [-0.3, -0.25) is 5.10 Å². The summed E-state index contributed by atoms with van der Waals surface area (Å²) in [5.74, 6) is 1.20. The zero-order valence-electron chi connectivity index (χ0n) is 9.88. The van der Waals surface area contributed by atoms with Crippen LogP contribution in [0.15, 0.2) is 0 Å². The Hall–Kier alpha value is -0.730.